The zero-order valence-corrected chi connectivity index (χ0v) is 12.0. The number of hydrogen-bond donors (Lipinski definition) is 2. The fourth-order valence-corrected chi connectivity index (χ4v) is 1.85. The van der Waals surface area contributed by atoms with Crippen molar-refractivity contribution in [2.45, 2.75) is 39.0 Å². The van der Waals surface area contributed by atoms with Crippen LogP contribution < -0.4 is 5.32 Å². The monoisotopic (exact) mass is 297 g/mol. The molecule has 0 aliphatic heterocycles. The molecule has 0 radical (unpaired) electrons. The average Bonchev–Trinajstić information content (AvgIpc) is 2.93. The molecule has 1 aromatic heterocycles. The van der Waals surface area contributed by atoms with Crippen LogP contribution >= 0.6 is 0 Å². The summed E-state index contributed by atoms with van der Waals surface area (Å²) in [5.41, 5.74) is 0.749. The number of benzene rings is 1. The maximum Gasteiger partial charge on any atom is 0.416 e. The van der Waals surface area contributed by atoms with E-state index >= 15 is 0 Å². The number of rotatable bonds is 5. The molecule has 1 unspecified atom stereocenters. The summed E-state index contributed by atoms with van der Waals surface area (Å²) in [6, 6.07) is 5.44. The highest BCUT2D eigenvalue weighted by molar-refractivity contribution is 5.58. The first-order valence-corrected chi connectivity index (χ1v) is 6.85. The number of alkyl halides is 3. The molecular weight excluding hydrogens is 279 g/mol. The van der Waals surface area contributed by atoms with E-state index in [-0.39, 0.29) is 0 Å². The standard InChI is InChI=1S/C15H18F3N3/c1-3-10(2)19-9-14-20-8-13(21-14)11-4-6-12(7-5-11)15(16,17)18/h4-8,10,19H,3,9H2,1-2H3,(H,20,21). The Morgan fingerprint density at radius 3 is 2.48 bits per heavy atom. The molecule has 2 aromatic rings. The highest BCUT2D eigenvalue weighted by Crippen LogP contribution is 2.30. The van der Waals surface area contributed by atoms with Gasteiger partial charge >= 0.3 is 6.18 Å². The Morgan fingerprint density at radius 2 is 1.90 bits per heavy atom. The first kappa shape index (κ1) is 15.6. The Kier molecular flexibility index (Phi) is 4.67. The van der Waals surface area contributed by atoms with E-state index in [0.717, 1.165) is 24.4 Å². The third kappa shape index (κ3) is 4.07. The minimum absolute atomic E-state index is 0.393. The zero-order valence-electron chi connectivity index (χ0n) is 12.0. The Bertz CT molecular complexity index is 573. The van der Waals surface area contributed by atoms with Crippen LogP contribution in [0.15, 0.2) is 30.5 Å². The number of hydrogen-bond acceptors (Lipinski definition) is 2. The number of nitrogens with one attached hydrogen (secondary N) is 2. The highest BCUT2D eigenvalue weighted by atomic mass is 19.4. The maximum absolute atomic E-state index is 12.5. The fourth-order valence-electron chi connectivity index (χ4n) is 1.85. The largest absolute Gasteiger partial charge is 0.416 e. The summed E-state index contributed by atoms with van der Waals surface area (Å²) in [7, 11) is 0. The molecule has 0 saturated carbocycles. The van der Waals surface area contributed by atoms with E-state index in [4.69, 9.17) is 0 Å². The molecule has 1 atom stereocenters. The molecule has 1 heterocycles. The molecule has 1 aromatic carbocycles. The Balaban J connectivity index is 2.07. The summed E-state index contributed by atoms with van der Waals surface area (Å²) in [6.07, 6.45) is -1.65. The lowest BCUT2D eigenvalue weighted by Crippen LogP contribution is -2.24. The lowest BCUT2D eigenvalue weighted by Gasteiger charge is -2.09. The minimum atomic E-state index is -4.31. The second-order valence-electron chi connectivity index (χ2n) is 5.01. The number of halogens is 3. The van der Waals surface area contributed by atoms with Gasteiger partial charge in [-0.25, -0.2) is 4.98 Å². The average molecular weight is 297 g/mol. The summed E-state index contributed by atoms with van der Waals surface area (Å²) >= 11 is 0. The van der Waals surface area contributed by atoms with Crippen LogP contribution in [-0.2, 0) is 12.7 Å². The van der Waals surface area contributed by atoms with E-state index < -0.39 is 11.7 Å². The third-order valence-corrected chi connectivity index (χ3v) is 3.38. The van der Waals surface area contributed by atoms with Crippen LogP contribution in [0.5, 0.6) is 0 Å². The summed E-state index contributed by atoms with van der Waals surface area (Å²) in [5.74, 6) is 0.769. The van der Waals surface area contributed by atoms with Gasteiger partial charge in [-0.1, -0.05) is 19.1 Å². The van der Waals surface area contributed by atoms with Crippen LogP contribution in [0, 0.1) is 0 Å². The molecule has 0 amide bonds. The van der Waals surface area contributed by atoms with Crippen molar-refractivity contribution >= 4 is 0 Å². The molecule has 0 fully saturated rings. The lowest BCUT2D eigenvalue weighted by molar-refractivity contribution is -0.137. The number of aromatic amines is 1. The second kappa shape index (κ2) is 6.30. The SMILES string of the molecule is CCC(C)NCc1ncc(-c2ccc(C(F)(F)F)cc2)[nH]1. The van der Waals surface area contributed by atoms with Crippen LogP contribution in [0.1, 0.15) is 31.7 Å². The van der Waals surface area contributed by atoms with Gasteiger partial charge in [0, 0.05) is 6.04 Å². The predicted octanol–water partition coefficient (Wildman–Crippen LogP) is 3.98. The van der Waals surface area contributed by atoms with Gasteiger partial charge in [-0.3, -0.25) is 0 Å². The van der Waals surface area contributed by atoms with Crippen molar-refractivity contribution in [2.24, 2.45) is 0 Å². The van der Waals surface area contributed by atoms with E-state index in [2.05, 4.69) is 29.1 Å². The van der Waals surface area contributed by atoms with E-state index in [1.54, 1.807) is 6.20 Å². The van der Waals surface area contributed by atoms with Gasteiger partial charge in [0.2, 0.25) is 0 Å². The van der Waals surface area contributed by atoms with Crippen molar-refractivity contribution in [3.8, 4) is 11.3 Å². The summed E-state index contributed by atoms with van der Waals surface area (Å²) in [4.78, 5) is 7.34. The molecule has 0 saturated heterocycles. The van der Waals surface area contributed by atoms with Gasteiger partial charge in [0.1, 0.15) is 5.82 Å². The molecule has 3 nitrogen and oxygen atoms in total. The molecular formula is C15H18F3N3. The number of nitrogens with zero attached hydrogens (tertiary/aromatic N) is 1. The summed E-state index contributed by atoms with van der Waals surface area (Å²) < 4.78 is 37.5. The third-order valence-electron chi connectivity index (χ3n) is 3.38. The molecule has 0 spiro atoms. The van der Waals surface area contributed by atoms with Crippen LogP contribution in [0.4, 0.5) is 13.2 Å². The van der Waals surface area contributed by atoms with Gasteiger partial charge in [-0.2, -0.15) is 13.2 Å². The van der Waals surface area contributed by atoms with Crippen LogP contribution in [0.2, 0.25) is 0 Å². The van der Waals surface area contributed by atoms with Gasteiger partial charge in [0.25, 0.3) is 0 Å². The van der Waals surface area contributed by atoms with Crippen LogP contribution in [-0.4, -0.2) is 16.0 Å². The maximum atomic E-state index is 12.5. The quantitative estimate of drug-likeness (QED) is 0.876. The Labute approximate surface area is 121 Å². The van der Waals surface area contributed by atoms with Crippen molar-refractivity contribution in [1.29, 1.82) is 0 Å². The number of imidazole rings is 1. The molecule has 2 N–H and O–H groups in total. The molecule has 0 aliphatic rings. The first-order valence-electron chi connectivity index (χ1n) is 6.85. The lowest BCUT2D eigenvalue weighted by atomic mass is 10.1. The van der Waals surface area contributed by atoms with E-state index in [0.29, 0.717) is 23.8 Å². The van der Waals surface area contributed by atoms with Crippen molar-refractivity contribution in [2.75, 3.05) is 0 Å². The number of H-pyrrole nitrogens is 1. The first-order chi connectivity index (χ1) is 9.90. The van der Waals surface area contributed by atoms with Crippen LogP contribution in [0.3, 0.4) is 0 Å². The van der Waals surface area contributed by atoms with Gasteiger partial charge in [0.15, 0.2) is 0 Å². The smallest absolute Gasteiger partial charge is 0.341 e. The van der Waals surface area contributed by atoms with Crippen LogP contribution in [0.25, 0.3) is 11.3 Å². The molecule has 114 valence electrons. The van der Waals surface area contributed by atoms with Gasteiger partial charge < -0.3 is 10.3 Å². The predicted molar refractivity (Wildman–Crippen MR) is 75.6 cm³/mol. The Morgan fingerprint density at radius 1 is 1.24 bits per heavy atom. The Hall–Kier alpha value is -1.82. The van der Waals surface area contributed by atoms with E-state index in [1.807, 2.05) is 0 Å². The topological polar surface area (TPSA) is 40.7 Å². The van der Waals surface area contributed by atoms with Crippen molar-refractivity contribution in [3.05, 3.63) is 41.9 Å². The minimum Gasteiger partial charge on any atom is -0.341 e. The van der Waals surface area contributed by atoms with E-state index in [1.165, 1.54) is 12.1 Å². The normalized spacial score (nSPS) is 13.4. The van der Waals surface area contributed by atoms with Crippen molar-refractivity contribution in [1.82, 2.24) is 15.3 Å². The van der Waals surface area contributed by atoms with Gasteiger partial charge in [-0.15, -0.1) is 0 Å². The molecule has 0 bridgehead atoms. The number of aromatic nitrogens is 2. The van der Waals surface area contributed by atoms with Gasteiger partial charge in [0.05, 0.1) is 24.0 Å². The zero-order chi connectivity index (χ0) is 15.5. The fraction of sp³-hybridized carbons (Fsp3) is 0.400. The second-order valence-corrected chi connectivity index (χ2v) is 5.01. The van der Waals surface area contributed by atoms with Gasteiger partial charge in [-0.05, 0) is 31.0 Å². The van der Waals surface area contributed by atoms with Crippen molar-refractivity contribution < 1.29 is 13.2 Å². The molecule has 0 aliphatic carbocycles. The van der Waals surface area contributed by atoms with Crippen molar-refractivity contribution in [3.63, 3.8) is 0 Å². The molecule has 2 rings (SSSR count). The summed E-state index contributed by atoms with van der Waals surface area (Å²) in [6.45, 7) is 4.78. The molecule has 6 heteroatoms. The highest BCUT2D eigenvalue weighted by Gasteiger charge is 2.29. The van der Waals surface area contributed by atoms with E-state index in [9.17, 15) is 13.2 Å². The molecule has 21 heavy (non-hydrogen) atoms. The summed E-state index contributed by atoms with van der Waals surface area (Å²) in [5, 5.41) is 3.30.